The van der Waals surface area contributed by atoms with Crippen LogP contribution in [0.15, 0.2) is 42.5 Å². The molecule has 1 N–H and O–H groups in total. The van der Waals surface area contributed by atoms with Crippen molar-refractivity contribution in [2.45, 2.75) is 39.3 Å². The van der Waals surface area contributed by atoms with E-state index in [0.29, 0.717) is 17.4 Å². The highest BCUT2D eigenvalue weighted by atomic mass is 32.2. The number of aryl methyl sites for hydroxylation is 1. The summed E-state index contributed by atoms with van der Waals surface area (Å²) in [5.74, 6) is 1.12. The quantitative estimate of drug-likeness (QED) is 0.704. The second-order valence-corrected chi connectivity index (χ2v) is 10.2. The van der Waals surface area contributed by atoms with Crippen molar-refractivity contribution in [3.05, 3.63) is 53.6 Å². The van der Waals surface area contributed by atoms with Gasteiger partial charge in [0.15, 0.2) is 6.10 Å². The smallest absolute Gasteiger partial charge is 0.263 e. The molecule has 2 aromatic rings. The Balaban J connectivity index is 1.85. The van der Waals surface area contributed by atoms with E-state index < -0.39 is 16.1 Å². The first-order valence-corrected chi connectivity index (χ1v) is 12.1. The normalized spacial score (nSPS) is 17.0. The lowest BCUT2D eigenvalue weighted by Crippen LogP contribution is -2.51. The van der Waals surface area contributed by atoms with Crippen LogP contribution in [0.5, 0.6) is 11.5 Å². The van der Waals surface area contributed by atoms with E-state index in [4.69, 9.17) is 9.47 Å². The minimum Gasteiger partial charge on any atom is -0.497 e. The van der Waals surface area contributed by atoms with Crippen LogP contribution in [0.2, 0.25) is 0 Å². The Kier molecular flexibility index (Phi) is 6.79. The lowest BCUT2D eigenvalue weighted by atomic mass is 9.96. The van der Waals surface area contributed by atoms with Gasteiger partial charge in [-0.25, -0.2) is 8.42 Å². The fourth-order valence-electron chi connectivity index (χ4n) is 3.66. The van der Waals surface area contributed by atoms with Crippen LogP contribution in [-0.4, -0.2) is 40.3 Å². The number of nitrogens with zero attached hydrogens (tertiary/aromatic N) is 1. The molecule has 2 aromatic carbocycles. The molecular formula is C23H30N2O5S. The molecule has 0 saturated carbocycles. The number of sulfonamides is 1. The minimum absolute atomic E-state index is 0.0713. The Morgan fingerprint density at radius 1 is 1.23 bits per heavy atom. The summed E-state index contributed by atoms with van der Waals surface area (Å²) in [7, 11) is -1.96. The Morgan fingerprint density at radius 2 is 1.90 bits per heavy atom. The average molecular weight is 447 g/mol. The van der Waals surface area contributed by atoms with Gasteiger partial charge in [-0.15, -0.1) is 0 Å². The predicted octanol–water partition coefficient (Wildman–Crippen LogP) is 3.43. The highest BCUT2D eigenvalue weighted by molar-refractivity contribution is 7.92. The number of benzene rings is 2. The van der Waals surface area contributed by atoms with Crippen LogP contribution < -0.4 is 19.1 Å². The number of rotatable bonds is 7. The van der Waals surface area contributed by atoms with Gasteiger partial charge < -0.3 is 14.8 Å². The molecule has 0 aromatic heterocycles. The molecule has 0 bridgehead atoms. The summed E-state index contributed by atoms with van der Waals surface area (Å²) in [4.78, 5) is 13.2. The summed E-state index contributed by atoms with van der Waals surface area (Å²) >= 11 is 0. The van der Waals surface area contributed by atoms with Crippen LogP contribution >= 0.6 is 0 Å². The number of carbonyl (C=O) groups is 1. The van der Waals surface area contributed by atoms with Crippen LogP contribution in [-0.2, 0) is 14.8 Å². The summed E-state index contributed by atoms with van der Waals surface area (Å²) < 4.78 is 37.2. The zero-order valence-corrected chi connectivity index (χ0v) is 19.4. The van der Waals surface area contributed by atoms with E-state index in [9.17, 15) is 13.2 Å². The van der Waals surface area contributed by atoms with Gasteiger partial charge in [0.2, 0.25) is 10.0 Å². The van der Waals surface area contributed by atoms with Crippen LogP contribution in [0.1, 0.15) is 37.4 Å². The third-order valence-corrected chi connectivity index (χ3v) is 6.36. The average Bonchev–Trinajstić information content (AvgIpc) is 2.71. The van der Waals surface area contributed by atoms with Crippen LogP contribution in [0.25, 0.3) is 0 Å². The zero-order valence-electron chi connectivity index (χ0n) is 18.6. The Morgan fingerprint density at radius 3 is 2.48 bits per heavy atom. The van der Waals surface area contributed by atoms with Crippen molar-refractivity contribution in [1.29, 1.82) is 0 Å². The highest BCUT2D eigenvalue weighted by Crippen LogP contribution is 2.36. The van der Waals surface area contributed by atoms with Crippen molar-refractivity contribution in [3.63, 3.8) is 0 Å². The highest BCUT2D eigenvalue weighted by Gasteiger charge is 2.36. The number of fused-ring (bicyclic) bond motifs is 1. The number of hydrogen-bond acceptors (Lipinski definition) is 5. The van der Waals surface area contributed by atoms with Crippen molar-refractivity contribution in [3.8, 4) is 11.5 Å². The maximum atomic E-state index is 13.2. The van der Waals surface area contributed by atoms with E-state index >= 15 is 0 Å². The molecule has 1 heterocycles. The summed E-state index contributed by atoms with van der Waals surface area (Å²) in [5.41, 5.74) is 2.32. The molecule has 0 spiro atoms. The molecule has 3 rings (SSSR count). The number of carbonyl (C=O) groups excluding carboxylic acids is 1. The Hall–Kier alpha value is -2.74. The molecule has 1 amide bonds. The lowest BCUT2D eigenvalue weighted by Gasteiger charge is -2.35. The molecule has 8 heteroatoms. The minimum atomic E-state index is -3.57. The zero-order chi connectivity index (χ0) is 22.8. The van der Waals surface area contributed by atoms with Gasteiger partial charge in [0.1, 0.15) is 11.5 Å². The first-order chi connectivity index (χ1) is 14.6. The molecule has 1 aliphatic rings. The van der Waals surface area contributed by atoms with Gasteiger partial charge >= 0.3 is 0 Å². The number of methoxy groups -OCH3 is 1. The van der Waals surface area contributed by atoms with Gasteiger partial charge in [-0.3, -0.25) is 9.10 Å². The van der Waals surface area contributed by atoms with E-state index in [2.05, 4.69) is 19.2 Å². The fraction of sp³-hybridized carbons (Fsp3) is 0.435. The number of ether oxygens (including phenoxy) is 2. The van der Waals surface area contributed by atoms with Crippen molar-refractivity contribution in [2.24, 2.45) is 5.92 Å². The summed E-state index contributed by atoms with van der Waals surface area (Å²) in [6.45, 7) is 5.98. The molecule has 0 radical (unpaired) electrons. The van der Waals surface area contributed by atoms with Crippen molar-refractivity contribution < 1.29 is 22.7 Å². The lowest BCUT2D eigenvalue weighted by molar-refractivity contribution is -0.128. The van der Waals surface area contributed by atoms with Gasteiger partial charge in [-0.05, 0) is 54.7 Å². The Labute approximate surface area is 184 Å². The molecule has 31 heavy (non-hydrogen) atoms. The monoisotopic (exact) mass is 446 g/mol. The van der Waals surface area contributed by atoms with E-state index in [0.717, 1.165) is 29.6 Å². The van der Waals surface area contributed by atoms with Gasteiger partial charge in [0.25, 0.3) is 5.91 Å². The van der Waals surface area contributed by atoms with Gasteiger partial charge in [0, 0.05) is 0 Å². The van der Waals surface area contributed by atoms with E-state index in [1.807, 2.05) is 37.3 Å². The molecule has 0 saturated heterocycles. The second kappa shape index (κ2) is 9.18. The van der Waals surface area contributed by atoms with Crippen LogP contribution in [0, 0.1) is 12.8 Å². The van der Waals surface area contributed by atoms with Crippen LogP contribution in [0.4, 0.5) is 5.69 Å². The first-order valence-electron chi connectivity index (χ1n) is 10.3. The predicted molar refractivity (Wildman–Crippen MR) is 121 cm³/mol. The number of nitrogens with one attached hydrogen (secondary N) is 1. The topological polar surface area (TPSA) is 84.9 Å². The maximum absolute atomic E-state index is 13.2. The SMILES string of the molecule is COc1ccc([C@@H](CC(C)C)NC(=O)[C@H]2CN(S(C)(=O)=O)c3cc(C)ccc3O2)cc1. The maximum Gasteiger partial charge on any atom is 0.263 e. The first kappa shape index (κ1) is 22.9. The number of amides is 1. The fourth-order valence-corrected chi connectivity index (χ4v) is 4.57. The Bertz CT molecular complexity index is 1030. The van der Waals surface area contributed by atoms with Gasteiger partial charge in [-0.2, -0.15) is 0 Å². The summed E-state index contributed by atoms with van der Waals surface area (Å²) in [6, 6.07) is 12.6. The van der Waals surface area contributed by atoms with Crippen molar-refractivity contribution in [1.82, 2.24) is 5.32 Å². The van der Waals surface area contributed by atoms with E-state index in [1.165, 1.54) is 4.31 Å². The van der Waals surface area contributed by atoms with E-state index in [1.54, 1.807) is 19.2 Å². The van der Waals surface area contributed by atoms with Crippen molar-refractivity contribution in [2.75, 3.05) is 24.2 Å². The third-order valence-electron chi connectivity index (χ3n) is 5.22. The van der Waals surface area contributed by atoms with Gasteiger partial charge in [0.05, 0.1) is 31.6 Å². The standard InChI is InChI=1S/C23H30N2O5S/c1-15(2)12-19(17-7-9-18(29-4)10-8-17)24-23(26)22-14-25(31(5,27)28)20-13-16(3)6-11-21(20)30-22/h6-11,13,15,19,22H,12,14H2,1-5H3,(H,24,26)/t19-,22-/m1/s1. The second-order valence-electron chi connectivity index (χ2n) is 8.34. The number of anilines is 1. The molecule has 0 fully saturated rings. The molecule has 168 valence electrons. The number of hydrogen-bond donors (Lipinski definition) is 1. The molecule has 7 nitrogen and oxygen atoms in total. The van der Waals surface area contributed by atoms with E-state index in [-0.39, 0.29) is 18.5 Å². The molecule has 2 atom stereocenters. The summed E-state index contributed by atoms with van der Waals surface area (Å²) in [6.07, 6.45) is 0.923. The third kappa shape index (κ3) is 5.50. The van der Waals surface area contributed by atoms with Crippen molar-refractivity contribution >= 4 is 21.6 Å². The largest absolute Gasteiger partial charge is 0.497 e. The molecular weight excluding hydrogens is 416 g/mol. The molecule has 0 aliphatic carbocycles. The summed E-state index contributed by atoms with van der Waals surface area (Å²) in [5, 5.41) is 3.06. The van der Waals surface area contributed by atoms with Crippen LogP contribution in [0.3, 0.4) is 0 Å². The van der Waals surface area contributed by atoms with Gasteiger partial charge in [-0.1, -0.05) is 32.0 Å². The molecule has 1 aliphatic heterocycles. The molecule has 0 unspecified atom stereocenters.